The Morgan fingerprint density at radius 2 is 1.58 bits per heavy atom. The van der Waals surface area contributed by atoms with Crippen LogP contribution in [-0.4, -0.2) is 70.6 Å². The molecule has 0 aliphatic carbocycles. The SMILES string of the molecule is C[C@@H]1OC(O)[C@](O)(c2c(O)cc3oc(-c4ccc(O)c(O)c4)c(O)c(=O)c3c2O)[C@H](O)[C@H]1O. The van der Waals surface area contributed by atoms with Gasteiger partial charge in [0.25, 0.3) is 0 Å². The van der Waals surface area contributed by atoms with Crippen LogP contribution in [0.1, 0.15) is 12.5 Å². The number of ether oxygens (including phenoxy) is 1. The summed E-state index contributed by atoms with van der Waals surface area (Å²) in [6, 6.07) is 4.05. The fraction of sp³-hybridized carbons (Fsp3) is 0.286. The molecule has 0 bridgehead atoms. The quantitative estimate of drug-likeness (QED) is 0.222. The second-order valence-corrected chi connectivity index (χ2v) is 7.76. The lowest BCUT2D eigenvalue weighted by molar-refractivity contribution is -0.329. The zero-order chi connectivity index (χ0) is 24.4. The summed E-state index contributed by atoms with van der Waals surface area (Å²) in [5.41, 5.74) is -5.65. The predicted molar refractivity (Wildman–Crippen MR) is 109 cm³/mol. The van der Waals surface area contributed by atoms with E-state index in [2.05, 4.69) is 0 Å². The third-order valence-electron chi connectivity index (χ3n) is 5.73. The molecule has 1 aliphatic heterocycles. The Hall–Kier alpha value is -3.55. The van der Waals surface area contributed by atoms with Gasteiger partial charge >= 0.3 is 0 Å². The number of rotatable bonds is 2. The molecule has 0 amide bonds. The van der Waals surface area contributed by atoms with Crippen molar-refractivity contribution in [3.8, 4) is 40.1 Å². The molecule has 1 aliphatic rings. The van der Waals surface area contributed by atoms with Gasteiger partial charge in [-0.2, -0.15) is 0 Å². The lowest BCUT2D eigenvalue weighted by atomic mass is 9.79. The summed E-state index contributed by atoms with van der Waals surface area (Å²) in [6.07, 6.45) is -7.27. The number of hydrogen-bond acceptors (Lipinski definition) is 12. The molecule has 1 saturated heterocycles. The average molecular weight is 464 g/mol. The molecule has 0 spiro atoms. The van der Waals surface area contributed by atoms with Gasteiger partial charge in [0.2, 0.25) is 11.2 Å². The molecule has 9 N–H and O–H groups in total. The fourth-order valence-electron chi connectivity index (χ4n) is 3.89. The van der Waals surface area contributed by atoms with Crippen LogP contribution in [0.5, 0.6) is 28.7 Å². The Morgan fingerprint density at radius 1 is 0.909 bits per heavy atom. The number of aromatic hydroxyl groups is 5. The summed E-state index contributed by atoms with van der Waals surface area (Å²) in [6.45, 7) is 1.30. The van der Waals surface area contributed by atoms with E-state index in [1.807, 2.05) is 0 Å². The highest BCUT2D eigenvalue weighted by Gasteiger charge is 2.57. The standard InChI is InChI=1S/C21H20O12/c1-6-14(25)19(29)21(31,20(30)32-6)13-10(24)5-11-12(15(13)26)16(27)17(28)18(33-11)7-2-3-8(22)9(23)4-7/h2-6,14,19-20,22-26,28-31H,1H3/t6-,14-,19+,20?,21-/m0/s1. The highest BCUT2D eigenvalue weighted by Crippen LogP contribution is 2.48. The van der Waals surface area contributed by atoms with Crippen LogP contribution in [0.15, 0.2) is 33.5 Å². The molecule has 2 aromatic carbocycles. The van der Waals surface area contributed by atoms with Crippen LogP contribution in [0, 0.1) is 0 Å². The number of hydrogen-bond donors (Lipinski definition) is 9. The van der Waals surface area contributed by atoms with E-state index in [1.165, 1.54) is 13.0 Å². The number of benzene rings is 2. The Morgan fingerprint density at radius 3 is 2.21 bits per heavy atom. The van der Waals surface area contributed by atoms with Crippen LogP contribution in [0.3, 0.4) is 0 Å². The van der Waals surface area contributed by atoms with Crippen molar-refractivity contribution < 1.29 is 55.1 Å². The van der Waals surface area contributed by atoms with E-state index in [9.17, 15) is 50.8 Å². The number of phenols is 4. The number of fused-ring (bicyclic) bond motifs is 1. The Kier molecular flexibility index (Phi) is 5.15. The minimum Gasteiger partial charge on any atom is -0.507 e. The molecule has 4 rings (SSSR count). The van der Waals surface area contributed by atoms with Crippen molar-refractivity contribution in [1.29, 1.82) is 0 Å². The Balaban J connectivity index is 1.99. The number of aliphatic hydroxyl groups is 4. The van der Waals surface area contributed by atoms with Crippen LogP contribution in [-0.2, 0) is 10.3 Å². The first-order valence-electron chi connectivity index (χ1n) is 9.59. The lowest BCUT2D eigenvalue weighted by Crippen LogP contribution is -2.63. The van der Waals surface area contributed by atoms with Crippen molar-refractivity contribution in [1.82, 2.24) is 0 Å². The van der Waals surface area contributed by atoms with E-state index in [-0.39, 0.29) is 5.56 Å². The van der Waals surface area contributed by atoms with E-state index < -0.39 is 86.7 Å². The fourth-order valence-corrected chi connectivity index (χ4v) is 3.89. The summed E-state index contributed by atoms with van der Waals surface area (Å²) in [4.78, 5) is 12.9. The minimum absolute atomic E-state index is 0.0351. The highest BCUT2D eigenvalue weighted by molar-refractivity contribution is 5.90. The summed E-state index contributed by atoms with van der Waals surface area (Å²) >= 11 is 0. The molecule has 1 aromatic heterocycles. The van der Waals surface area contributed by atoms with E-state index in [0.29, 0.717) is 0 Å². The van der Waals surface area contributed by atoms with Gasteiger partial charge in [0.15, 0.2) is 29.2 Å². The molecule has 2 heterocycles. The lowest BCUT2D eigenvalue weighted by Gasteiger charge is -2.45. The van der Waals surface area contributed by atoms with Gasteiger partial charge in [-0.05, 0) is 25.1 Å². The average Bonchev–Trinajstić information content (AvgIpc) is 2.75. The molecule has 3 aromatic rings. The predicted octanol–water partition coefficient (Wildman–Crippen LogP) is -0.366. The largest absolute Gasteiger partial charge is 0.507 e. The second-order valence-electron chi connectivity index (χ2n) is 7.76. The van der Waals surface area contributed by atoms with E-state index in [4.69, 9.17) is 9.15 Å². The van der Waals surface area contributed by atoms with Gasteiger partial charge in [0.1, 0.15) is 34.7 Å². The van der Waals surface area contributed by atoms with Gasteiger partial charge in [-0.3, -0.25) is 4.79 Å². The Bertz CT molecular complexity index is 1320. The van der Waals surface area contributed by atoms with Crippen molar-refractivity contribution >= 4 is 11.0 Å². The third kappa shape index (κ3) is 3.15. The molecule has 1 fully saturated rings. The molecule has 12 heteroatoms. The smallest absolute Gasteiger partial charge is 0.238 e. The van der Waals surface area contributed by atoms with Gasteiger partial charge in [-0.25, -0.2) is 0 Å². The molecule has 176 valence electrons. The molecule has 5 atom stereocenters. The van der Waals surface area contributed by atoms with Crippen LogP contribution in [0.4, 0.5) is 0 Å². The summed E-state index contributed by atoms with van der Waals surface area (Å²) < 4.78 is 10.4. The first-order valence-corrected chi connectivity index (χ1v) is 9.59. The van der Waals surface area contributed by atoms with Gasteiger partial charge in [-0.1, -0.05) is 0 Å². The van der Waals surface area contributed by atoms with Gasteiger partial charge in [0.05, 0.1) is 11.7 Å². The maximum atomic E-state index is 12.9. The molecular formula is C21H20O12. The van der Waals surface area contributed by atoms with Crippen LogP contribution < -0.4 is 5.43 Å². The number of phenolic OH excluding ortho intramolecular Hbond substituents is 4. The summed E-state index contributed by atoms with van der Waals surface area (Å²) in [5, 5.41) is 91.8. The van der Waals surface area contributed by atoms with Gasteiger partial charge in [-0.15, -0.1) is 0 Å². The van der Waals surface area contributed by atoms with E-state index in [0.717, 1.165) is 18.2 Å². The monoisotopic (exact) mass is 464 g/mol. The van der Waals surface area contributed by atoms with Crippen molar-refractivity contribution in [2.45, 2.75) is 37.1 Å². The van der Waals surface area contributed by atoms with E-state index in [1.54, 1.807) is 0 Å². The van der Waals surface area contributed by atoms with Crippen molar-refractivity contribution in [3.05, 3.63) is 40.1 Å². The summed E-state index contributed by atoms with van der Waals surface area (Å²) in [5.74, 6) is -4.65. The van der Waals surface area contributed by atoms with Crippen molar-refractivity contribution in [2.75, 3.05) is 0 Å². The third-order valence-corrected chi connectivity index (χ3v) is 5.73. The molecule has 0 saturated carbocycles. The Labute approximate surface area is 184 Å². The van der Waals surface area contributed by atoms with Crippen LogP contribution in [0.25, 0.3) is 22.3 Å². The second kappa shape index (κ2) is 7.50. The van der Waals surface area contributed by atoms with Crippen molar-refractivity contribution in [2.24, 2.45) is 0 Å². The highest BCUT2D eigenvalue weighted by atomic mass is 16.6. The summed E-state index contributed by atoms with van der Waals surface area (Å²) in [7, 11) is 0. The molecule has 0 radical (unpaired) electrons. The van der Waals surface area contributed by atoms with Gasteiger partial charge in [0, 0.05) is 11.6 Å². The first-order chi connectivity index (χ1) is 15.4. The molecule has 1 unspecified atom stereocenters. The minimum atomic E-state index is -2.97. The van der Waals surface area contributed by atoms with Crippen LogP contribution in [0.2, 0.25) is 0 Å². The van der Waals surface area contributed by atoms with E-state index >= 15 is 0 Å². The first kappa shape index (κ1) is 22.6. The molecular weight excluding hydrogens is 444 g/mol. The number of aliphatic hydroxyl groups excluding tert-OH is 3. The maximum Gasteiger partial charge on any atom is 0.238 e. The molecule has 33 heavy (non-hydrogen) atoms. The zero-order valence-electron chi connectivity index (χ0n) is 16.9. The van der Waals surface area contributed by atoms with Crippen molar-refractivity contribution in [3.63, 3.8) is 0 Å². The van der Waals surface area contributed by atoms with Gasteiger partial charge < -0.3 is 55.1 Å². The maximum absolute atomic E-state index is 12.9. The topological polar surface area (TPSA) is 222 Å². The van der Waals surface area contributed by atoms with Crippen LogP contribution >= 0.6 is 0 Å². The molecule has 12 nitrogen and oxygen atoms in total. The zero-order valence-corrected chi connectivity index (χ0v) is 16.9. The normalized spacial score (nSPS) is 27.7.